The van der Waals surface area contributed by atoms with E-state index in [1.54, 1.807) is 27.9 Å². The third-order valence-corrected chi connectivity index (χ3v) is 11.2. The highest BCUT2D eigenvalue weighted by molar-refractivity contribution is 6.34. The Morgan fingerprint density at radius 3 is 2.53 bits per heavy atom. The molecule has 11 nitrogen and oxygen atoms in total. The molecule has 4 bridgehead atoms. The second-order valence-corrected chi connectivity index (χ2v) is 16.6. The molecule has 2 fully saturated rings. The Bertz CT molecular complexity index is 1590. The molecule has 0 radical (unpaired) electrons. The van der Waals surface area contributed by atoms with Gasteiger partial charge in [-0.25, -0.2) is 9.59 Å². The van der Waals surface area contributed by atoms with Crippen molar-refractivity contribution in [2.24, 2.45) is 17.3 Å². The molecule has 2 N–H and O–H groups in total. The number of hydrogen-bond acceptors (Lipinski definition) is 8. The van der Waals surface area contributed by atoms with Gasteiger partial charge in [0, 0.05) is 38.8 Å². The van der Waals surface area contributed by atoms with Gasteiger partial charge in [0.05, 0.1) is 23.2 Å². The summed E-state index contributed by atoms with van der Waals surface area (Å²) in [5.41, 5.74) is 0.510. The van der Waals surface area contributed by atoms with Crippen LogP contribution in [0.25, 0.3) is 0 Å². The quantitative estimate of drug-likeness (QED) is 0.268. The van der Waals surface area contributed by atoms with Crippen molar-refractivity contribution in [2.45, 2.75) is 130 Å². The van der Waals surface area contributed by atoms with E-state index >= 15 is 0 Å². The second-order valence-electron chi connectivity index (χ2n) is 16.2. The minimum Gasteiger partial charge on any atom is -0.457 e. The van der Waals surface area contributed by atoms with Crippen LogP contribution < -0.4 is 10.2 Å². The molecule has 1 aromatic carbocycles. The zero-order chi connectivity index (χ0) is 38.2. The molecular weight excluding hydrogens is 674 g/mol. The van der Waals surface area contributed by atoms with Crippen LogP contribution in [0.4, 0.5) is 10.5 Å². The molecule has 3 aliphatic rings. The zero-order valence-electron chi connectivity index (χ0n) is 32.0. The maximum Gasteiger partial charge on any atom is 0.409 e. The molecule has 3 heterocycles. The number of alkyl carbamates (subject to hydrolysis) is 1. The first-order chi connectivity index (χ1) is 23.6. The number of benzene rings is 1. The molecule has 0 aliphatic carbocycles. The van der Waals surface area contributed by atoms with Crippen LogP contribution in [0.15, 0.2) is 35.9 Å². The lowest BCUT2D eigenvalue weighted by molar-refractivity contribution is -0.162. The van der Waals surface area contributed by atoms with Crippen LogP contribution in [0.3, 0.4) is 0 Å². The maximum absolute atomic E-state index is 14.1. The molecule has 0 aromatic heterocycles. The zero-order valence-corrected chi connectivity index (χ0v) is 32.7. The number of carbonyl (C=O) groups excluding carboxylic acids is 4. The van der Waals surface area contributed by atoms with Gasteiger partial charge in [-0.3, -0.25) is 14.9 Å². The third kappa shape index (κ3) is 9.34. The first kappa shape index (κ1) is 40.4. The molecule has 51 heavy (non-hydrogen) atoms. The summed E-state index contributed by atoms with van der Waals surface area (Å²) in [4.78, 5) is 56.4. The number of esters is 1. The first-order valence-corrected chi connectivity index (χ1v) is 18.2. The number of rotatable bonds is 5. The van der Waals surface area contributed by atoms with E-state index in [9.17, 15) is 24.3 Å². The van der Waals surface area contributed by atoms with Gasteiger partial charge in [0.2, 0.25) is 11.8 Å². The highest BCUT2D eigenvalue weighted by atomic mass is 35.5. The summed E-state index contributed by atoms with van der Waals surface area (Å²) in [6.45, 7) is 17.0. The van der Waals surface area contributed by atoms with Crippen molar-refractivity contribution in [3.63, 3.8) is 0 Å². The number of allylic oxidation sites excluding steroid dienone is 3. The minimum atomic E-state index is -1.59. The van der Waals surface area contributed by atoms with Crippen molar-refractivity contribution in [1.82, 2.24) is 10.2 Å². The largest absolute Gasteiger partial charge is 0.457 e. The number of fused-ring (bicyclic) bond motifs is 5. The second kappa shape index (κ2) is 15.3. The van der Waals surface area contributed by atoms with E-state index in [4.69, 9.17) is 25.8 Å². The summed E-state index contributed by atoms with van der Waals surface area (Å²) < 4.78 is 18.1. The molecule has 282 valence electrons. The number of aryl methyl sites for hydroxylation is 1. The van der Waals surface area contributed by atoms with Gasteiger partial charge in [-0.1, -0.05) is 76.1 Å². The van der Waals surface area contributed by atoms with Gasteiger partial charge < -0.3 is 29.1 Å². The van der Waals surface area contributed by atoms with Gasteiger partial charge in [0.25, 0.3) is 0 Å². The van der Waals surface area contributed by atoms with Crippen LogP contribution in [-0.4, -0.2) is 83.7 Å². The Morgan fingerprint density at radius 2 is 1.88 bits per heavy atom. The van der Waals surface area contributed by atoms with E-state index in [0.29, 0.717) is 23.6 Å². The molecule has 8 atom stereocenters. The van der Waals surface area contributed by atoms with Crippen molar-refractivity contribution in [1.29, 1.82) is 0 Å². The van der Waals surface area contributed by atoms with E-state index in [1.807, 2.05) is 78.8 Å². The van der Waals surface area contributed by atoms with E-state index in [1.165, 1.54) is 9.80 Å². The number of nitrogens with zero attached hydrogens (tertiary/aromatic N) is 2. The Kier molecular flexibility index (Phi) is 12.1. The SMILES string of the molecule is C/C1=C\C=C\C(C)C2(O)CC(OC(=O)N2)C(C)C2OC2(C)C(OC(=O)[C@H](C)N(C)C(=O)CCC(C)(C)C)CC(=O)N(C)c2cc(cc(C)c2Cl)C1. The summed E-state index contributed by atoms with van der Waals surface area (Å²) in [7, 11) is 3.20. The molecule has 2 saturated heterocycles. The average Bonchev–Trinajstić information content (AvgIpc) is 3.74. The van der Waals surface area contributed by atoms with Crippen molar-refractivity contribution in [3.8, 4) is 0 Å². The van der Waals surface area contributed by atoms with Crippen molar-refractivity contribution in [2.75, 3.05) is 19.0 Å². The standard InChI is InChI=1S/C39H56ClN3O8/c1-22-13-12-14-24(3)39(48)21-29(49-36(47)41-39)25(4)34-38(9,51-34)30(50-35(46)26(5)42(10)31(44)15-16-37(6,7)8)20-32(45)43(11)28-19-27(17-22)18-23(2)33(28)40/h12-14,18-19,24-26,29-30,34,48H,15-17,20-21H2,1-11H3,(H,41,47)/b14-12+,22-13+/t24?,25?,26-,29?,30?,34?,38?,39?/m0/s1. The van der Waals surface area contributed by atoms with Crippen LogP contribution in [0.2, 0.25) is 5.02 Å². The summed E-state index contributed by atoms with van der Waals surface area (Å²) in [6.07, 6.45) is 3.84. The molecule has 0 spiro atoms. The number of aliphatic hydroxyl groups is 1. The normalized spacial score (nSPS) is 32.4. The van der Waals surface area contributed by atoms with Crippen molar-refractivity contribution in [3.05, 3.63) is 52.1 Å². The van der Waals surface area contributed by atoms with Gasteiger partial charge in [-0.05, 0) is 63.1 Å². The van der Waals surface area contributed by atoms with E-state index in [-0.39, 0.29) is 36.5 Å². The lowest BCUT2D eigenvalue weighted by Gasteiger charge is -2.41. The summed E-state index contributed by atoms with van der Waals surface area (Å²) in [5, 5.41) is 14.7. The summed E-state index contributed by atoms with van der Waals surface area (Å²) in [6, 6.07) is 2.93. The first-order valence-electron chi connectivity index (χ1n) is 17.8. The number of hydrogen-bond donors (Lipinski definition) is 2. The van der Waals surface area contributed by atoms with Crippen molar-refractivity contribution >= 4 is 41.2 Å². The van der Waals surface area contributed by atoms with E-state index < -0.39 is 59.6 Å². The molecule has 1 aromatic rings. The van der Waals surface area contributed by atoms with Crippen LogP contribution in [0.5, 0.6) is 0 Å². The monoisotopic (exact) mass is 729 g/mol. The average molecular weight is 730 g/mol. The highest BCUT2D eigenvalue weighted by Crippen LogP contribution is 2.49. The predicted octanol–water partition coefficient (Wildman–Crippen LogP) is 6.26. The van der Waals surface area contributed by atoms with Crippen LogP contribution in [0.1, 0.15) is 92.2 Å². The number of anilines is 1. The maximum atomic E-state index is 14.1. The molecule has 3 aliphatic heterocycles. The van der Waals surface area contributed by atoms with Gasteiger partial charge >= 0.3 is 12.1 Å². The third-order valence-electron chi connectivity index (χ3n) is 10.8. The summed E-state index contributed by atoms with van der Waals surface area (Å²) >= 11 is 6.77. The number of halogens is 1. The predicted molar refractivity (Wildman–Crippen MR) is 196 cm³/mol. The Hall–Kier alpha value is -3.41. The molecule has 7 unspecified atom stereocenters. The number of amides is 3. The van der Waals surface area contributed by atoms with Gasteiger partial charge in [0.15, 0.2) is 0 Å². The number of carbonyl (C=O) groups is 4. The van der Waals surface area contributed by atoms with Gasteiger partial charge in [-0.15, -0.1) is 0 Å². The molecule has 4 rings (SSSR count). The Morgan fingerprint density at radius 1 is 1.22 bits per heavy atom. The fourth-order valence-electron chi connectivity index (χ4n) is 6.82. The van der Waals surface area contributed by atoms with Crippen molar-refractivity contribution < 1.29 is 38.5 Å². The van der Waals surface area contributed by atoms with Crippen LogP contribution in [0, 0.1) is 24.2 Å². The smallest absolute Gasteiger partial charge is 0.409 e. The molecule has 12 heteroatoms. The van der Waals surface area contributed by atoms with E-state index in [2.05, 4.69) is 5.32 Å². The molecule has 3 amide bonds. The molecule has 0 saturated carbocycles. The highest BCUT2D eigenvalue weighted by Gasteiger charge is 2.64. The van der Waals surface area contributed by atoms with E-state index in [0.717, 1.165) is 16.7 Å². The number of epoxide rings is 1. The fraction of sp³-hybridized carbons (Fsp3) is 0.641. The summed E-state index contributed by atoms with van der Waals surface area (Å²) in [5.74, 6) is -2.14. The number of likely N-dealkylation sites (N-methyl/N-ethyl adjacent to an activating group) is 1. The minimum absolute atomic E-state index is 0.0544. The van der Waals surface area contributed by atoms with Gasteiger partial charge in [0.1, 0.15) is 29.6 Å². The van der Waals surface area contributed by atoms with Crippen LogP contribution in [-0.2, 0) is 35.0 Å². The Balaban J connectivity index is 1.71. The number of nitrogens with one attached hydrogen (secondary N) is 1. The number of ether oxygens (including phenoxy) is 3. The lowest BCUT2D eigenvalue weighted by atomic mass is 9.82. The Labute approximate surface area is 307 Å². The molecular formula is C39H56ClN3O8. The van der Waals surface area contributed by atoms with Gasteiger partial charge in [-0.2, -0.15) is 0 Å². The topological polar surface area (TPSA) is 138 Å². The van der Waals surface area contributed by atoms with Crippen LogP contribution >= 0.6 is 11.6 Å². The lowest BCUT2D eigenvalue weighted by Crippen LogP contribution is -2.60. The fourth-order valence-corrected chi connectivity index (χ4v) is 7.05.